The molecule has 0 radical (unpaired) electrons. The van der Waals surface area contributed by atoms with Gasteiger partial charge in [0.25, 0.3) is 11.2 Å². The minimum atomic E-state index is -0.584. The number of aromatic nitrogens is 2. The molecule has 0 aliphatic carbocycles. The summed E-state index contributed by atoms with van der Waals surface area (Å²) in [6.45, 7) is 0. The summed E-state index contributed by atoms with van der Waals surface area (Å²) in [5.41, 5.74) is -0.350. The summed E-state index contributed by atoms with van der Waals surface area (Å²) in [7, 11) is 0. The van der Waals surface area contributed by atoms with E-state index in [2.05, 4.69) is 15.3 Å². The minimum Gasteiger partial charge on any atom is -0.324 e. The second-order valence-electron chi connectivity index (χ2n) is 4.00. The number of rotatable bonds is 5. The van der Waals surface area contributed by atoms with Gasteiger partial charge in [-0.05, 0) is 6.07 Å². The van der Waals surface area contributed by atoms with Crippen molar-refractivity contribution in [1.29, 1.82) is 0 Å². The van der Waals surface area contributed by atoms with Crippen LogP contribution in [0.3, 0.4) is 0 Å². The Kier molecular flexibility index (Phi) is 5.12. The number of halogens is 1. The fraction of sp³-hybridized carbons (Fsp3) is 0.0833. The van der Waals surface area contributed by atoms with Crippen LogP contribution in [0.25, 0.3) is 0 Å². The molecule has 0 saturated carbocycles. The van der Waals surface area contributed by atoms with Gasteiger partial charge >= 0.3 is 0 Å². The molecule has 0 fully saturated rings. The predicted molar refractivity (Wildman–Crippen MR) is 82.3 cm³/mol. The Morgan fingerprint density at radius 2 is 2.23 bits per heavy atom. The van der Waals surface area contributed by atoms with Crippen molar-refractivity contribution in [2.24, 2.45) is 0 Å². The van der Waals surface area contributed by atoms with Gasteiger partial charge in [0.2, 0.25) is 5.91 Å². The number of nitro benzene ring substituents is 1. The normalized spacial score (nSPS) is 10.2. The Labute approximate surface area is 133 Å². The maximum atomic E-state index is 11.8. The number of hydrogen-bond acceptors (Lipinski definition) is 6. The van der Waals surface area contributed by atoms with E-state index in [1.54, 1.807) is 0 Å². The summed E-state index contributed by atoms with van der Waals surface area (Å²) in [6, 6.07) is 5.00. The molecule has 22 heavy (non-hydrogen) atoms. The SMILES string of the molecule is O=C(CSc1nccc(=O)[nH]1)Nc1cc([N+](=O)[O-])ccc1Cl. The number of amides is 1. The maximum Gasteiger partial charge on any atom is 0.271 e. The van der Waals surface area contributed by atoms with Crippen LogP contribution in [0.4, 0.5) is 11.4 Å². The lowest BCUT2D eigenvalue weighted by atomic mass is 10.3. The van der Waals surface area contributed by atoms with E-state index in [1.807, 2.05) is 0 Å². The molecule has 0 spiro atoms. The second-order valence-corrected chi connectivity index (χ2v) is 5.37. The first-order valence-corrected chi connectivity index (χ1v) is 7.24. The molecule has 1 aromatic carbocycles. The Morgan fingerprint density at radius 3 is 2.91 bits per heavy atom. The number of carbonyl (C=O) groups excluding carboxylic acids is 1. The van der Waals surface area contributed by atoms with Crippen LogP contribution in [0.1, 0.15) is 0 Å². The Bertz CT molecular complexity index is 780. The number of nitrogens with zero attached hydrogens (tertiary/aromatic N) is 2. The minimum absolute atomic E-state index is 0.0357. The van der Waals surface area contributed by atoms with Crippen LogP contribution in [0, 0.1) is 10.1 Å². The molecule has 1 amide bonds. The molecule has 2 rings (SSSR count). The second kappa shape index (κ2) is 7.05. The van der Waals surface area contributed by atoms with Crippen LogP contribution in [-0.4, -0.2) is 26.6 Å². The van der Waals surface area contributed by atoms with Gasteiger partial charge < -0.3 is 10.3 Å². The first kappa shape index (κ1) is 16.0. The average molecular weight is 341 g/mol. The summed E-state index contributed by atoms with van der Waals surface area (Å²) in [5, 5.41) is 13.7. The highest BCUT2D eigenvalue weighted by molar-refractivity contribution is 7.99. The molecule has 114 valence electrons. The van der Waals surface area contributed by atoms with Gasteiger partial charge in [-0.3, -0.25) is 19.7 Å². The van der Waals surface area contributed by atoms with Gasteiger partial charge in [-0.1, -0.05) is 23.4 Å². The van der Waals surface area contributed by atoms with Crippen molar-refractivity contribution < 1.29 is 9.72 Å². The fourth-order valence-electron chi connectivity index (χ4n) is 1.47. The number of thioether (sulfide) groups is 1. The summed E-state index contributed by atoms with van der Waals surface area (Å²) < 4.78 is 0. The highest BCUT2D eigenvalue weighted by Gasteiger charge is 2.12. The molecule has 2 N–H and O–H groups in total. The zero-order valence-electron chi connectivity index (χ0n) is 10.9. The van der Waals surface area contributed by atoms with Crippen molar-refractivity contribution in [1.82, 2.24) is 9.97 Å². The third-order valence-electron chi connectivity index (χ3n) is 2.42. The number of anilines is 1. The number of aromatic amines is 1. The molecule has 0 aliphatic rings. The van der Waals surface area contributed by atoms with Gasteiger partial charge in [-0.25, -0.2) is 4.98 Å². The molecule has 0 saturated heterocycles. The molecular formula is C12H9ClN4O4S. The molecule has 0 atom stereocenters. The van der Waals surface area contributed by atoms with Crippen molar-refractivity contribution in [2.45, 2.75) is 5.16 Å². The number of hydrogen-bond donors (Lipinski definition) is 2. The quantitative estimate of drug-likeness (QED) is 0.372. The number of benzene rings is 1. The number of carbonyl (C=O) groups is 1. The fourth-order valence-corrected chi connectivity index (χ4v) is 2.28. The monoisotopic (exact) mass is 340 g/mol. The van der Waals surface area contributed by atoms with E-state index in [0.717, 1.165) is 11.8 Å². The molecule has 1 heterocycles. The summed E-state index contributed by atoms with van der Waals surface area (Å²) in [4.78, 5) is 39.4. The number of H-pyrrole nitrogens is 1. The molecule has 1 aromatic heterocycles. The molecule has 2 aromatic rings. The van der Waals surface area contributed by atoms with Crippen LogP contribution in [0.5, 0.6) is 0 Å². The standard InChI is InChI=1S/C12H9ClN4O4S/c13-8-2-1-7(17(20)21)5-9(8)15-11(19)6-22-12-14-4-3-10(18)16-12/h1-5H,6H2,(H,15,19)(H,14,16,18). The van der Waals surface area contributed by atoms with Crippen molar-refractivity contribution in [3.05, 3.63) is 56.0 Å². The van der Waals surface area contributed by atoms with Gasteiger partial charge in [0, 0.05) is 24.4 Å². The van der Waals surface area contributed by atoms with Crippen molar-refractivity contribution in [2.75, 3.05) is 11.1 Å². The molecule has 8 nitrogen and oxygen atoms in total. The van der Waals surface area contributed by atoms with Crippen molar-refractivity contribution in [3.8, 4) is 0 Å². The van der Waals surface area contributed by atoms with E-state index >= 15 is 0 Å². The van der Waals surface area contributed by atoms with E-state index < -0.39 is 10.8 Å². The van der Waals surface area contributed by atoms with E-state index in [4.69, 9.17) is 11.6 Å². The van der Waals surface area contributed by atoms with Gasteiger partial charge in [-0.15, -0.1) is 0 Å². The van der Waals surface area contributed by atoms with Gasteiger partial charge in [0.05, 0.1) is 21.4 Å². The Balaban J connectivity index is 2.01. The Morgan fingerprint density at radius 1 is 1.45 bits per heavy atom. The highest BCUT2D eigenvalue weighted by atomic mass is 35.5. The first-order valence-electron chi connectivity index (χ1n) is 5.87. The van der Waals surface area contributed by atoms with Crippen molar-refractivity contribution >= 4 is 40.6 Å². The van der Waals surface area contributed by atoms with E-state index in [0.29, 0.717) is 5.16 Å². The lowest BCUT2D eigenvalue weighted by Crippen LogP contribution is -2.15. The Hall–Kier alpha value is -2.39. The average Bonchev–Trinajstić information content (AvgIpc) is 2.47. The molecule has 10 heteroatoms. The van der Waals surface area contributed by atoms with Crippen LogP contribution in [-0.2, 0) is 4.79 Å². The third kappa shape index (κ3) is 4.30. The summed E-state index contributed by atoms with van der Waals surface area (Å²) >= 11 is 6.90. The van der Waals surface area contributed by atoms with E-state index in [1.165, 1.54) is 30.5 Å². The number of nitrogens with one attached hydrogen (secondary N) is 2. The zero-order chi connectivity index (χ0) is 16.1. The van der Waals surface area contributed by atoms with Crippen LogP contribution in [0.2, 0.25) is 5.02 Å². The number of nitro groups is 1. The third-order valence-corrected chi connectivity index (χ3v) is 3.64. The first-order chi connectivity index (χ1) is 10.5. The molecule has 0 aliphatic heterocycles. The summed E-state index contributed by atoms with van der Waals surface area (Å²) in [5.74, 6) is -0.467. The highest BCUT2D eigenvalue weighted by Crippen LogP contribution is 2.26. The van der Waals surface area contributed by atoms with Gasteiger partial charge in [-0.2, -0.15) is 0 Å². The van der Waals surface area contributed by atoms with Crippen molar-refractivity contribution in [3.63, 3.8) is 0 Å². The molecular weight excluding hydrogens is 332 g/mol. The zero-order valence-corrected chi connectivity index (χ0v) is 12.5. The number of non-ortho nitro benzene ring substituents is 1. The van der Waals surface area contributed by atoms with E-state index in [-0.39, 0.29) is 27.7 Å². The van der Waals surface area contributed by atoms with Crippen LogP contribution in [0.15, 0.2) is 40.4 Å². The van der Waals surface area contributed by atoms with Gasteiger partial charge in [0.1, 0.15) is 0 Å². The maximum absolute atomic E-state index is 11.8. The smallest absolute Gasteiger partial charge is 0.271 e. The van der Waals surface area contributed by atoms with Crippen LogP contribution >= 0.6 is 23.4 Å². The largest absolute Gasteiger partial charge is 0.324 e. The van der Waals surface area contributed by atoms with Crippen LogP contribution < -0.4 is 10.9 Å². The lowest BCUT2D eigenvalue weighted by Gasteiger charge is -2.06. The van der Waals surface area contributed by atoms with Gasteiger partial charge in [0.15, 0.2) is 5.16 Å². The predicted octanol–water partition coefficient (Wildman–Crippen LogP) is 2.06. The lowest BCUT2D eigenvalue weighted by molar-refractivity contribution is -0.384. The van der Waals surface area contributed by atoms with E-state index in [9.17, 15) is 19.7 Å². The topological polar surface area (TPSA) is 118 Å². The molecule has 0 unspecified atom stereocenters. The molecule has 0 bridgehead atoms. The summed E-state index contributed by atoms with van der Waals surface area (Å²) in [6.07, 6.45) is 1.33.